The molecule has 0 aliphatic carbocycles. The molecule has 0 aliphatic heterocycles. The zero-order valence-electron chi connectivity index (χ0n) is 5.20. The Morgan fingerprint density at radius 2 is 2.00 bits per heavy atom. The SMILES string of the molecule is CC(NC(N)=S)C(F)(F)F. The van der Waals surface area contributed by atoms with E-state index in [1.807, 2.05) is 5.32 Å². The summed E-state index contributed by atoms with van der Waals surface area (Å²) in [7, 11) is 0. The Hall–Kier alpha value is -0.520. The van der Waals surface area contributed by atoms with E-state index in [2.05, 4.69) is 12.2 Å². The molecule has 0 radical (unpaired) electrons. The van der Waals surface area contributed by atoms with Gasteiger partial charge in [-0.15, -0.1) is 0 Å². The zero-order valence-corrected chi connectivity index (χ0v) is 6.01. The number of alkyl halides is 3. The summed E-state index contributed by atoms with van der Waals surface area (Å²) in [5.41, 5.74) is 4.81. The molecule has 0 rings (SSSR count). The van der Waals surface area contributed by atoms with Crippen molar-refractivity contribution in [2.75, 3.05) is 0 Å². The van der Waals surface area contributed by atoms with Crippen molar-refractivity contribution >= 4 is 17.3 Å². The van der Waals surface area contributed by atoms with Crippen LogP contribution in [-0.2, 0) is 0 Å². The molecule has 60 valence electrons. The lowest BCUT2D eigenvalue weighted by atomic mass is 10.3. The second kappa shape index (κ2) is 3.05. The molecule has 0 bridgehead atoms. The summed E-state index contributed by atoms with van der Waals surface area (Å²) >= 11 is 4.21. The molecule has 0 aromatic rings. The van der Waals surface area contributed by atoms with Crippen LogP contribution in [-0.4, -0.2) is 17.3 Å². The van der Waals surface area contributed by atoms with Crippen LogP contribution in [0, 0.1) is 0 Å². The Kier molecular flexibility index (Phi) is 2.89. The molecule has 0 saturated heterocycles. The second-order valence-corrected chi connectivity index (χ2v) is 2.21. The van der Waals surface area contributed by atoms with E-state index >= 15 is 0 Å². The van der Waals surface area contributed by atoms with E-state index in [0.717, 1.165) is 6.92 Å². The first kappa shape index (κ1) is 9.48. The van der Waals surface area contributed by atoms with Gasteiger partial charge in [-0.05, 0) is 19.1 Å². The van der Waals surface area contributed by atoms with Crippen LogP contribution < -0.4 is 11.1 Å². The first-order valence-electron chi connectivity index (χ1n) is 2.46. The molecule has 0 aromatic carbocycles. The van der Waals surface area contributed by atoms with Crippen LogP contribution in [0.2, 0.25) is 0 Å². The number of hydrogen-bond donors (Lipinski definition) is 2. The average Bonchev–Trinajstić information content (AvgIpc) is 1.60. The Morgan fingerprint density at radius 3 is 2.10 bits per heavy atom. The Morgan fingerprint density at radius 1 is 1.60 bits per heavy atom. The summed E-state index contributed by atoms with van der Waals surface area (Å²) in [6, 6.07) is -1.68. The highest BCUT2D eigenvalue weighted by atomic mass is 32.1. The molecule has 0 heterocycles. The van der Waals surface area contributed by atoms with Crippen LogP contribution in [0.25, 0.3) is 0 Å². The van der Waals surface area contributed by atoms with Crippen molar-refractivity contribution in [2.45, 2.75) is 19.1 Å². The smallest absolute Gasteiger partial charge is 0.376 e. The number of halogens is 3. The molecule has 0 saturated carbocycles. The lowest BCUT2D eigenvalue weighted by Gasteiger charge is -2.16. The minimum Gasteiger partial charge on any atom is -0.376 e. The van der Waals surface area contributed by atoms with Gasteiger partial charge in [0, 0.05) is 0 Å². The van der Waals surface area contributed by atoms with Crippen molar-refractivity contribution in [2.24, 2.45) is 5.73 Å². The van der Waals surface area contributed by atoms with Gasteiger partial charge in [-0.2, -0.15) is 13.2 Å². The van der Waals surface area contributed by atoms with Crippen molar-refractivity contribution in [3.63, 3.8) is 0 Å². The summed E-state index contributed by atoms with van der Waals surface area (Å²) in [4.78, 5) is 0. The minimum atomic E-state index is -4.29. The van der Waals surface area contributed by atoms with Gasteiger partial charge in [0.2, 0.25) is 0 Å². The molecule has 6 heteroatoms. The normalized spacial score (nSPS) is 14.4. The first-order valence-corrected chi connectivity index (χ1v) is 2.87. The summed E-state index contributed by atoms with van der Waals surface area (Å²) < 4.78 is 34.9. The maximum absolute atomic E-state index is 11.6. The van der Waals surface area contributed by atoms with Crippen LogP contribution in [0.15, 0.2) is 0 Å². The van der Waals surface area contributed by atoms with Gasteiger partial charge in [0.1, 0.15) is 6.04 Å². The van der Waals surface area contributed by atoms with Gasteiger partial charge < -0.3 is 11.1 Å². The highest BCUT2D eigenvalue weighted by Crippen LogP contribution is 2.18. The molecule has 2 nitrogen and oxygen atoms in total. The van der Waals surface area contributed by atoms with Gasteiger partial charge in [-0.25, -0.2) is 0 Å². The van der Waals surface area contributed by atoms with E-state index in [1.54, 1.807) is 0 Å². The van der Waals surface area contributed by atoms with Crippen molar-refractivity contribution in [1.29, 1.82) is 0 Å². The lowest BCUT2D eigenvalue weighted by Crippen LogP contribution is -2.45. The molecule has 0 aliphatic rings. The van der Waals surface area contributed by atoms with Crippen LogP contribution in [0.5, 0.6) is 0 Å². The van der Waals surface area contributed by atoms with E-state index in [1.165, 1.54) is 0 Å². The predicted octanol–water partition coefficient (Wildman–Crippen LogP) is 0.770. The molecule has 1 atom stereocenters. The average molecular weight is 172 g/mol. The quantitative estimate of drug-likeness (QED) is 0.574. The van der Waals surface area contributed by atoms with E-state index in [9.17, 15) is 13.2 Å². The fourth-order valence-electron chi connectivity index (χ4n) is 0.295. The van der Waals surface area contributed by atoms with Crippen LogP contribution >= 0.6 is 12.2 Å². The summed E-state index contributed by atoms with van der Waals surface area (Å²) in [6.45, 7) is 0.944. The number of nitrogens with one attached hydrogen (secondary N) is 1. The Labute approximate surface area is 61.6 Å². The first-order chi connectivity index (χ1) is 4.34. The molecule has 3 N–H and O–H groups in total. The molecule has 10 heavy (non-hydrogen) atoms. The van der Waals surface area contributed by atoms with Crippen LogP contribution in [0.1, 0.15) is 6.92 Å². The largest absolute Gasteiger partial charge is 0.408 e. The molecule has 1 unspecified atom stereocenters. The number of thiocarbonyl (C=S) groups is 1. The molecule has 0 spiro atoms. The lowest BCUT2D eigenvalue weighted by molar-refractivity contribution is -0.147. The Balaban J connectivity index is 3.85. The number of hydrogen-bond acceptors (Lipinski definition) is 1. The molecule has 0 aromatic heterocycles. The summed E-state index contributed by atoms with van der Waals surface area (Å²) in [5, 5.41) is 1.52. The molecule has 0 amide bonds. The van der Waals surface area contributed by atoms with E-state index < -0.39 is 12.2 Å². The molecular formula is C4H7F3N2S. The van der Waals surface area contributed by atoms with Gasteiger partial charge in [0.25, 0.3) is 0 Å². The van der Waals surface area contributed by atoms with Crippen molar-refractivity contribution < 1.29 is 13.2 Å². The van der Waals surface area contributed by atoms with Gasteiger partial charge in [-0.3, -0.25) is 0 Å². The predicted molar refractivity (Wildman–Crippen MR) is 35.4 cm³/mol. The second-order valence-electron chi connectivity index (χ2n) is 1.77. The van der Waals surface area contributed by atoms with E-state index in [0.29, 0.717) is 0 Å². The highest BCUT2D eigenvalue weighted by molar-refractivity contribution is 7.80. The van der Waals surface area contributed by atoms with Crippen LogP contribution in [0.4, 0.5) is 13.2 Å². The summed E-state index contributed by atoms with van der Waals surface area (Å²) in [5.74, 6) is 0. The third kappa shape index (κ3) is 3.49. The Bertz CT molecular complexity index is 133. The highest BCUT2D eigenvalue weighted by Gasteiger charge is 2.35. The topological polar surface area (TPSA) is 38.0 Å². The van der Waals surface area contributed by atoms with Crippen molar-refractivity contribution in [1.82, 2.24) is 5.32 Å². The van der Waals surface area contributed by atoms with Gasteiger partial charge in [0.15, 0.2) is 5.11 Å². The van der Waals surface area contributed by atoms with E-state index in [-0.39, 0.29) is 5.11 Å². The number of rotatable bonds is 1. The monoisotopic (exact) mass is 172 g/mol. The van der Waals surface area contributed by atoms with Gasteiger partial charge >= 0.3 is 6.18 Å². The standard InChI is InChI=1S/C4H7F3N2S/c1-2(4(5,6)7)9-3(8)10/h2H,1H3,(H3,8,9,10). The fraction of sp³-hybridized carbons (Fsp3) is 0.750. The third-order valence-corrected chi connectivity index (χ3v) is 0.968. The fourth-order valence-corrected chi connectivity index (χ4v) is 0.472. The van der Waals surface area contributed by atoms with Gasteiger partial charge in [0.05, 0.1) is 0 Å². The molecular weight excluding hydrogens is 165 g/mol. The van der Waals surface area contributed by atoms with Gasteiger partial charge in [-0.1, -0.05) is 0 Å². The third-order valence-electron chi connectivity index (χ3n) is 0.850. The number of nitrogens with two attached hydrogens (primary N) is 1. The minimum absolute atomic E-state index is 0.343. The summed E-state index contributed by atoms with van der Waals surface area (Å²) in [6.07, 6.45) is -4.29. The van der Waals surface area contributed by atoms with Crippen LogP contribution in [0.3, 0.4) is 0 Å². The zero-order chi connectivity index (χ0) is 8.36. The van der Waals surface area contributed by atoms with Crippen molar-refractivity contribution in [3.05, 3.63) is 0 Å². The van der Waals surface area contributed by atoms with E-state index in [4.69, 9.17) is 5.73 Å². The molecule has 0 fully saturated rings. The van der Waals surface area contributed by atoms with Crippen molar-refractivity contribution in [3.8, 4) is 0 Å². The maximum Gasteiger partial charge on any atom is 0.408 e. The maximum atomic E-state index is 11.6.